The molecule has 1 aliphatic rings. The lowest BCUT2D eigenvalue weighted by Crippen LogP contribution is -2.11. The molecule has 1 fully saturated rings. The third-order valence-corrected chi connectivity index (χ3v) is 4.78. The van der Waals surface area contributed by atoms with Crippen molar-refractivity contribution in [1.29, 1.82) is 0 Å². The van der Waals surface area contributed by atoms with Crippen molar-refractivity contribution < 1.29 is 23.1 Å². The van der Waals surface area contributed by atoms with Crippen LogP contribution >= 0.6 is 11.8 Å². The Balaban J connectivity index is 2.29. The van der Waals surface area contributed by atoms with Crippen LogP contribution in [0.2, 0.25) is 0 Å². The second kappa shape index (κ2) is 6.08. The zero-order valence-corrected chi connectivity index (χ0v) is 11.6. The summed E-state index contributed by atoms with van der Waals surface area (Å²) in [5.41, 5.74) is -0.839. The van der Waals surface area contributed by atoms with Gasteiger partial charge in [-0.05, 0) is 31.0 Å². The first-order valence-electron chi connectivity index (χ1n) is 6.49. The molecule has 1 saturated carbocycles. The van der Waals surface area contributed by atoms with Gasteiger partial charge in [-0.3, -0.25) is 0 Å². The summed E-state index contributed by atoms with van der Waals surface area (Å²) in [5.74, 6) is -1.18. The number of carboxylic acid groups (broad SMARTS) is 1. The fourth-order valence-electron chi connectivity index (χ4n) is 2.34. The fourth-order valence-corrected chi connectivity index (χ4v) is 3.74. The average Bonchev–Trinajstić information content (AvgIpc) is 2.38. The van der Waals surface area contributed by atoms with E-state index in [1.807, 2.05) is 0 Å². The third-order valence-electron chi connectivity index (χ3n) is 3.39. The van der Waals surface area contributed by atoms with Crippen LogP contribution in [0.3, 0.4) is 0 Å². The lowest BCUT2D eigenvalue weighted by molar-refractivity contribution is -0.137. The van der Waals surface area contributed by atoms with Gasteiger partial charge >= 0.3 is 12.1 Å². The molecule has 1 aromatic carbocycles. The van der Waals surface area contributed by atoms with Crippen LogP contribution < -0.4 is 0 Å². The summed E-state index contributed by atoms with van der Waals surface area (Å²) in [6.07, 6.45) is 0.669. The Morgan fingerprint density at radius 1 is 1.20 bits per heavy atom. The minimum Gasteiger partial charge on any atom is -0.478 e. The third kappa shape index (κ3) is 3.69. The molecule has 0 aliphatic heterocycles. The summed E-state index contributed by atoms with van der Waals surface area (Å²) in [4.78, 5) is 11.4. The summed E-state index contributed by atoms with van der Waals surface area (Å²) in [7, 11) is 0. The molecular formula is C14H15F3O2S. The molecule has 0 atom stereocenters. The maximum absolute atomic E-state index is 12.7. The Morgan fingerprint density at radius 3 is 2.40 bits per heavy atom. The first-order valence-corrected chi connectivity index (χ1v) is 7.37. The van der Waals surface area contributed by atoms with E-state index in [2.05, 4.69) is 0 Å². The normalized spacial score (nSPS) is 17.1. The van der Waals surface area contributed by atoms with Crippen LogP contribution in [0.4, 0.5) is 13.2 Å². The minimum atomic E-state index is -4.45. The lowest BCUT2D eigenvalue weighted by Gasteiger charge is -2.22. The maximum Gasteiger partial charge on any atom is 0.416 e. The predicted molar refractivity (Wildman–Crippen MR) is 71.1 cm³/mol. The van der Waals surface area contributed by atoms with Crippen molar-refractivity contribution >= 4 is 17.7 Å². The highest BCUT2D eigenvalue weighted by molar-refractivity contribution is 8.00. The van der Waals surface area contributed by atoms with Gasteiger partial charge in [-0.15, -0.1) is 11.8 Å². The Hall–Kier alpha value is -1.17. The van der Waals surface area contributed by atoms with Gasteiger partial charge in [-0.2, -0.15) is 13.2 Å². The molecule has 0 radical (unpaired) electrons. The number of benzene rings is 1. The molecule has 0 unspecified atom stereocenters. The number of thioether (sulfide) groups is 1. The Bertz CT molecular complexity index is 494. The second-order valence-corrected chi connectivity index (χ2v) is 6.23. The van der Waals surface area contributed by atoms with Crippen LogP contribution in [-0.2, 0) is 6.18 Å². The van der Waals surface area contributed by atoms with E-state index in [1.165, 1.54) is 11.8 Å². The number of halogens is 3. The smallest absolute Gasteiger partial charge is 0.416 e. The lowest BCUT2D eigenvalue weighted by atomic mass is 10.0. The summed E-state index contributed by atoms with van der Waals surface area (Å²) in [6.45, 7) is 0. The average molecular weight is 304 g/mol. The maximum atomic E-state index is 12.7. The van der Waals surface area contributed by atoms with Gasteiger partial charge in [0.05, 0.1) is 11.1 Å². The van der Waals surface area contributed by atoms with Crippen LogP contribution in [-0.4, -0.2) is 16.3 Å². The molecule has 2 nitrogen and oxygen atoms in total. The number of hydrogen-bond donors (Lipinski definition) is 1. The van der Waals surface area contributed by atoms with Crippen LogP contribution in [0.1, 0.15) is 48.0 Å². The van der Waals surface area contributed by atoms with E-state index in [1.54, 1.807) is 0 Å². The van der Waals surface area contributed by atoms with Gasteiger partial charge < -0.3 is 5.11 Å². The van der Waals surface area contributed by atoms with Gasteiger partial charge in [0, 0.05) is 10.1 Å². The van der Waals surface area contributed by atoms with Gasteiger partial charge in [0.1, 0.15) is 0 Å². The van der Waals surface area contributed by atoms with E-state index in [9.17, 15) is 18.0 Å². The van der Waals surface area contributed by atoms with Crippen LogP contribution in [0.5, 0.6) is 0 Å². The van der Waals surface area contributed by atoms with Crippen molar-refractivity contribution in [1.82, 2.24) is 0 Å². The molecule has 0 aromatic heterocycles. The fraction of sp³-hybridized carbons (Fsp3) is 0.500. The van der Waals surface area contributed by atoms with E-state index < -0.39 is 17.7 Å². The van der Waals surface area contributed by atoms with E-state index in [-0.39, 0.29) is 15.7 Å². The van der Waals surface area contributed by atoms with Crippen LogP contribution in [0.25, 0.3) is 0 Å². The van der Waals surface area contributed by atoms with E-state index in [4.69, 9.17) is 5.11 Å². The largest absolute Gasteiger partial charge is 0.478 e. The van der Waals surface area contributed by atoms with Crippen LogP contribution in [0.15, 0.2) is 23.1 Å². The molecule has 1 aliphatic carbocycles. The molecule has 6 heteroatoms. The Labute approximate surface area is 119 Å². The van der Waals surface area contributed by atoms with E-state index in [0.29, 0.717) is 0 Å². The molecule has 1 aromatic rings. The van der Waals surface area contributed by atoms with Gasteiger partial charge in [-0.25, -0.2) is 4.79 Å². The molecule has 110 valence electrons. The monoisotopic (exact) mass is 304 g/mol. The zero-order chi connectivity index (χ0) is 14.8. The molecule has 0 amide bonds. The number of carboxylic acids is 1. The van der Waals surface area contributed by atoms with Gasteiger partial charge in [0.15, 0.2) is 0 Å². The molecule has 1 N–H and O–H groups in total. The number of alkyl halides is 3. The van der Waals surface area contributed by atoms with E-state index in [0.717, 1.165) is 50.3 Å². The second-order valence-electron chi connectivity index (χ2n) is 4.89. The molecule has 20 heavy (non-hydrogen) atoms. The Morgan fingerprint density at radius 2 is 1.85 bits per heavy atom. The summed E-state index contributed by atoms with van der Waals surface area (Å²) in [6, 6.07) is 2.84. The molecule has 2 rings (SSSR count). The highest BCUT2D eigenvalue weighted by atomic mass is 32.2. The quantitative estimate of drug-likeness (QED) is 0.869. The molecular weight excluding hydrogens is 289 g/mol. The summed E-state index contributed by atoms with van der Waals surface area (Å²) >= 11 is 1.27. The van der Waals surface area contributed by atoms with Gasteiger partial charge in [0.2, 0.25) is 0 Å². The molecule has 0 bridgehead atoms. The van der Waals surface area contributed by atoms with Crippen molar-refractivity contribution in [2.45, 2.75) is 48.4 Å². The molecule has 0 heterocycles. The Kier molecular flexibility index (Phi) is 4.62. The predicted octanol–water partition coefficient (Wildman–Crippen LogP) is 4.83. The van der Waals surface area contributed by atoms with Gasteiger partial charge in [0.25, 0.3) is 0 Å². The first-order chi connectivity index (χ1) is 9.38. The topological polar surface area (TPSA) is 37.3 Å². The standard InChI is InChI=1S/C14H15F3O2S/c15-14(16,17)9-6-7-11(13(18)19)12(8-9)20-10-4-2-1-3-5-10/h6-8,10H,1-5H2,(H,18,19). The minimum absolute atomic E-state index is 0.0476. The summed E-state index contributed by atoms with van der Waals surface area (Å²) < 4.78 is 38.2. The molecule has 0 saturated heterocycles. The number of hydrogen-bond acceptors (Lipinski definition) is 2. The first kappa shape index (κ1) is 15.2. The van der Waals surface area contributed by atoms with Crippen molar-refractivity contribution in [2.75, 3.05) is 0 Å². The highest BCUT2D eigenvalue weighted by Gasteiger charge is 2.32. The van der Waals surface area contributed by atoms with Crippen molar-refractivity contribution in [3.8, 4) is 0 Å². The number of rotatable bonds is 3. The van der Waals surface area contributed by atoms with Crippen molar-refractivity contribution in [3.05, 3.63) is 29.3 Å². The molecule has 0 spiro atoms. The van der Waals surface area contributed by atoms with Crippen molar-refractivity contribution in [2.24, 2.45) is 0 Å². The summed E-state index contributed by atoms with van der Waals surface area (Å²) in [5, 5.41) is 9.31. The van der Waals surface area contributed by atoms with Crippen LogP contribution in [0, 0.1) is 0 Å². The zero-order valence-electron chi connectivity index (χ0n) is 10.7. The number of aromatic carboxylic acids is 1. The highest BCUT2D eigenvalue weighted by Crippen LogP contribution is 2.38. The van der Waals surface area contributed by atoms with E-state index >= 15 is 0 Å². The van der Waals surface area contributed by atoms with Crippen molar-refractivity contribution in [3.63, 3.8) is 0 Å². The van der Waals surface area contributed by atoms with Gasteiger partial charge in [-0.1, -0.05) is 19.3 Å². The number of carbonyl (C=O) groups is 1. The SMILES string of the molecule is O=C(O)c1ccc(C(F)(F)F)cc1SC1CCCCC1.